The van der Waals surface area contributed by atoms with Crippen molar-refractivity contribution >= 4 is 23.9 Å². The molecule has 0 fully saturated rings. The van der Waals surface area contributed by atoms with Gasteiger partial charge in [-0.2, -0.15) is 0 Å². The molecule has 8 nitrogen and oxygen atoms in total. The Labute approximate surface area is 284 Å². The molecule has 12 heteroatoms. The van der Waals surface area contributed by atoms with Crippen LogP contribution in [0.15, 0.2) is 24.3 Å². The van der Waals surface area contributed by atoms with Gasteiger partial charge in [0.25, 0.3) is 0 Å². The van der Waals surface area contributed by atoms with Crippen LogP contribution in [0.5, 0.6) is 0 Å². The van der Waals surface area contributed by atoms with Gasteiger partial charge < -0.3 is 39.6 Å². The summed E-state index contributed by atoms with van der Waals surface area (Å²) >= 11 is 0. The summed E-state index contributed by atoms with van der Waals surface area (Å²) < 4.78 is 0. The summed E-state index contributed by atoms with van der Waals surface area (Å²) in [4.78, 5) is 37.7. The summed E-state index contributed by atoms with van der Waals surface area (Å²) in [5.41, 5.74) is 0. The van der Waals surface area contributed by atoms with Crippen molar-refractivity contribution in [1.29, 1.82) is 0 Å². The Morgan fingerprint density at radius 3 is 0.600 bits per heavy atom. The first-order chi connectivity index (χ1) is 7.25. The quantitative estimate of drug-likeness (QED) is 0.341. The maximum atomic E-state index is 9.41. The summed E-state index contributed by atoms with van der Waals surface area (Å²) in [5.74, 6) is -6.19. The summed E-state index contributed by atoms with van der Waals surface area (Å²) in [5, 5.41) is 37.7. The Bertz CT molecular complexity index is 286. The van der Waals surface area contributed by atoms with Crippen LogP contribution in [0.25, 0.3) is 0 Å². The van der Waals surface area contributed by atoms with E-state index in [1.807, 2.05) is 0 Å². The first-order valence-electron chi connectivity index (χ1n) is 3.45. The standard InChI is InChI=1S/2C4H4O4.4K/c2*5-3(6)1-2-4(7)8;;;;/h2*1-2H,(H,5,6)(H,7,8);;;;/q;;4*+1/p-4. The second-order valence-electron chi connectivity index (χ2n) is 1.94. The Morgan fingerprint density at radius 1 is 0.450 bits per heavy atom. The van der Waals surface area contributed by atoms with Crippen LogP contribution in [0.3, 0.4) is 0 Å². The molecule has 0 amide bonds. The predicted octanol–water partition coefficient (Wildman–Crippen LogP) is -17.9. The largest absolute Gasteiger partial charge is 1.00 e. The molecule has 20 heavy (non-hydrogen) atoms. The summed E-state index contributed by atoms with van der Waals surface area (Å²) in [6.07, 6.45) is 1.54. The van der Waals surface area contributed by atoms with E-state index in [0.29, 0.717) is 24.3 Å². The Hall–Kier alpha value is 3.91. The zero-order valence-electron chi connectivity index (χ0n) is 11.6. The van der Waals surface area contributed by atoms with Gasteiger partial charge in [-0.15, -0.1) is 0 Å². The fourth-order valence-corrected chi connectivity index (χ4v) is 0.272. The van der Waals surface area contributed by atoms with E-state index in [1.54, 1.807) is 0 Å². The minimum Gasteiger partial charge on any atom is -0.545 e. The third-order valence-electron chi connectivity index (χ3n) is 0.711. The molecule has 0 atom stereocenters. The van der Waals surface area contributed by atoms with Crippen molar-refractivity contribution in [2.45, 2.75) is 0 Å². The Kier molecular flexibility index (Phi) is 54.3. The molecule has 0 bridgehead atoms. The van der Waals surface area contributed by atoms with Gasteiger partial charge in [0.1, 0.15) is 0 Å². The molecule has 0 aromatic carbocycles. The van der Waals surface area contributed by atoms with Crippen molar-refractivity contribution in [2.24, 2.45) is 0 Å². The number of carboxylic acids is 4. The van der Waals surface area contributed by atoms with E-state index >= 15 is 0 Å². The molecule has 0 heterocycles. The number of carbonyl (C=O) groups excluding carboxylic acids is 4. The van der Waals surface area contributed by atoms with Crippen LogP contribution in [0.4, 0.5) is 0 Å². The third kappa shape index (κ3) is 49.5. The molecule has 0 saturated heterocycles. The number of rotatable bonds is 4. The van der Waals surface area contributed by atoms with Crippen molar-refractivity contribution < 1.29 is 245 Å². The van der Waals surface area contributed by atoms with Gasteiger partial charge in [0.2, 0.25) is 0 Å². The van der Waals surface area contributed by atoms with Gasteiger partial charge in [0, 0.05) is 0 Å². The van der Waals surface area contributed by atoms with Crippen molar-refractivity contribution in [3.8, 4) is 0 Å². The van der Waals surface area contributed by atoms with Crippen LogP contribution < -0.4 is 226 Å². The van der Waals surface area contributed by atoms with Crippen LogP contribution in [-0.2, 0) is 19.2 Å². The van der Waals surface area contributed by atoms with E-state index in [-0.39, 0.29) is 206 Å². The Morgan fingerprint density at radius 2 is 0.550 bits per heavy atom. The normalized spacial score (nSPS) is 7.60. The number of carboxylic acid groups (broad SMARTS) is 4. The number of hydrogen-bond acceptors (Lipinski definition) is 8. The molecule has 0 aromatic rings. The van der Waals surface area contributed by atoms with Crippen LogP contribution in [-0.4, -0.2) is 23.9 Å². The van der Waals surface area contributed by atoms with E-state index in [0.717, 1.165) is 0 Å². The van der Waals surface area contributed by atoms with Gasteiger partial charge in [-0.25, -0.2) is 0 Å². The molecule has 0 aliphatic carbocycles. The molecule has 0 unspecified atom stereocenters. The summed E-state index contributed by atoms with van der Waals surface area (Å²) in [7, 11) is 0. The molecule has 88 valence electrons. The Balaban J connectivity index is -0.0000000408. The molecule has 0 rings (SSSR count). The summed E-state index contributed by atoms with van der Waals surface area (Å²) in [6.45, 7) is 0. The van der Waals surface area contributed by atoms with E-state index in [1.165, 1.54) is 0 Å². The van der Waals surface area contributed by atoms with Crippen LogP contribution in [0.1, 0.15) is 0 Å². The zero-order valence-corrected chi connectivity index (χ0v) is 24.1. The second-order valence-corrected chi connectivity index (χ2v) is 1.94. The molecular formula is C8H4K4O8. The van der Waals surface area contributed by atoms with Crippen LogP contribution in [0, 0.1) is 0 Å². The minimum absolute atomic E-state index is 0. The smallest absolute Gasteiger partial charge is 0.545 e. The predicted molar refractivity (Wildman–Crippen MR) is 38.3 cm³/mol. The number of carbonyl (C=O) groups is 4. The molecule has 0 N–H and O–H groups in total. The molecular weight excluding hydrogens is 380 g/mol. The molecule has 0 saturated carbocycles. The number of hydrogen-bond donors (Lipinski definition) is 0. The SMILES string of the molecule is O=C([O-])C=CC(=O)[O-].O=C([O-])C=CC(=O)[O-].[K+].[K+].[K+].[K+]. The molecule has 0 spiro atoms. The maximum Gasteiger partial charge on any atom is 1.00 e. The van der Waals surface area contributed by atoms with Gasteiger partial charge in [0.15, 0.2) is 0 Å². The van der Waals surface area contributed by atoms with Crippen LogP contribution in [0.2, 0.25) is 0 Å². The zero-order chi connectivity index (χ0) is 13.1. The average molecular weight is 385 g/mol. The van der Waals surface area contributed by atoms with E-state index in [9.17, 15) is 39.6 Å². The van der Waals surface area contributed by atoms with Crippen molar-refractivity contribution in [3.05, 3.63) is 24.3 Å². The first-order valence-corrected chi connectivity index (χ1v) is 3.45. The first kappa shape index (κ1) is 39.1. The van der Waals surface area contributed by atoms with Crippen molar-refractivity contribution in [1.82, 2.24) is 0 Å². The van der Waals surface area contributed by atoms with Gasteiger partial charge in [-0.05, 0) is 24.3 Å². The summed E-state index contributed by atoms with van der Waals surface area (Å²) in [6, 6.07) is 0. The van der Waals surface area contributed by atoms with Crippen molar-refractivity contribution in [3.63, 3.8) is 0 Å². The van der Waals surface area contributed by atoms with E-state index < -0.39 is 23.9 Å². The van der Waals surface area contributed by atoms with Gasteiger partial charge in [0.05, 0.1) is 23.9 Å². The minimum atomic E-state index is -1.55. The molecule has 0 aromatic heterocycles. The molecule has 0 aliphatic rings. The van der Waals surface area contributed by atoms with Crippen LogP contribution >= 0.6 is 0 Å². The monoisotopic (exact) mass is 384 g/mol. The second kappa shape index (κ2) is 27.7. The van der Waals surface area contributed by atoms with Gasteiger partial charge >= 0.3 is 206 Å². The third-order valence-corrected chi connectivity index (χ3v) is 0.711. The van der Waals surface area contributed by atoms with Gasteiger partial charge in [-0.1, -0.05) is 0 Å². The molecule has 0 radical (unpaired) electrons. The average Bonchev–Trinajstić information content (AvgIpc) is 2.12. The maximum absolute atomic E-state index is 9.41. The topological polar surface area (TPSA) is 161 Å². The fraction of sp³-hybridized carbons (Fsp3) is 0. The van der Waals surface area contributed by atoms with Crippen molar-refractivity contribution in [2.75, 3.05) is 0 Å². The molecule has 0 aliphatic heterocycles. The van der Waals surface area contributed by atoms with E-state index in [2.05, 4.69) is 0 Å². The van der Waals surface area contributed by atoms with E-state index in [4.69, 9.17) is 0 Å². The number of aliphatic carboxylic acids is 4. The van der Waals surface area contributed by atoms with Gasteiger partial charge in [-0.3, -0.25) is 0 Å². The fourth-order valence-electron chi connectivity index (χ4n) is 0.272.